The SMILES string of the molecule is Cc1cc2cccc(C(=O)O)c2c(Cl)n1. The Morgan fingerprint density at radius 1 is 1.47 bits per heavy atom. The fourth-order valence-corrected chi connectivity index (χ4v) is 1.91. The van der Waals surface area contributed by atoms with Gasteiger partial charge in [0.25, 0.3) is 0 Å². The van der Waals surface area contributed by atoms with Crippen molar-refractivity contribution < 1.29 is 9.90 Å². The number of carboxylic acid groups (broad SMARTS) is 1. The number of rotatable bonds is 1. The Kier molecular flexibility index (Phi) is 2.32. The monoisotopic (exact) mass is 221 g/mol. The molecule has 2 aromatic rings. The Balaban J connectivity index is 2.91. The normalized spacial score (nSPS) is 10.5. The summed E-state index contributed by atoms with van der Waals surface area (Å²) in [4.78, 5) is 15.0. The molecule has 0 saturated heterocycles. The van der Waals surface area contributed by atoms with Gasteiger partial charge in [-0.2, -0.15) is 0 Å². The molecule has 0 spiro atoms. The van der Waals surface area contributed by atoms with Crippen LogP contribution in [0.4, 0.5) is 0 Å². The highest BCUT2D eigenvalue weighted by molar-refractivity contribution is 6.35. The van der Waals surface area contributed by atoms with Crippen molar-refractivity contribution in [3.8, 4) is 0 Å². The molecule has 0 aliphatic rings. The zero-order chi connectivity index (χ0) is 11.0. The second kappa shape index (κ2) is 3.51. The standard InChI is InChI=1S/C11H8ClNO2/c1-6-5-7-3-2-4-8(11(14)15)9(7)10(12)13-6/h2-5H,1H3,(H,14,15). The first kappa shape index (κ1) is 9.93. The quantitative estimate of drug-likeness (QED) is 0.754. The smallest absolute Gasteiger partial charge is 0.336 e. The Labute approximate surface area is 91.3 Å². The molecule has 76 valence electrons. The number of benzene rings is 1. The average molecular weight is 222 g/mol. The van der Waals surface area contributed by atoms with Crippen LogP contribution in [0.25, 0.3) is 10.8 Å². The van der Waals surface area contributed by atoms with E-state index in [9.17, 15) is 4.79 Å². The summed E-state index contributed by atoms with van der Waals surface area (Å²) < 4.78 is 0. The van der Waals surface area contributed by atoms with Crippen LogP contribution < -0.4 is 0 Å². The molecule has 0 unspecified atom stereocenters. The third-order valence-corrected chi connectivity index (χ3v) is 2.45. The van der Waals surface area contributed by atoms with Crippen LogP contribution in [0.1, 0.15) is 16.1 Å². The topological polar surface area (TPSA) is 50.2 Å². The zero-order valence-corrected chi connectivity index (χ0v) is 8.75. The number of pyridine rings is 1. The molecule has 1 N–H and O–H groups in total. The highest BCUT2D eigenvalue weighted by Crippen LogP contribution is 2.26. The van der Waals surface area contributed by atoms with Crippen molar-refractivity contribution in [1.82, 2.24) is 4.98 Å². The Hall–Kier alpha value is -1.61. The maximum absolute atomic E-state index is 11.0. The summed E-state index contributed by atoms with van der Waals surface area (Å²) in [5.74, 6) is -0.992. The van der Waals surface area contributed by atoms with Gasteiger partial charge in [-0.15, -0.1) is 0 Å². The summed E-state index contributed by atoms with van der Waals surface area (Å²) in [7, 11) is 0. The van der Waals surface area contributed by atoms with Crippen LogP contribution in [-0.2, 0) is 0 Å². The molecule has 0 bridgehead atoms. The summed E-state index contributed by atoms with van der Waals surface area (Å²) in [6.07, 6.45) is 0. The van der Waals surface area contributed by atoms with Crippen molar-refractivity contribution in [2.45, 2.75) is 6.92 Å². The molecular weight excluding hydrogens is 214 g/mol. The van der Waals surface area contributed by atoms with Gasteiger partial charge >= 0.3 is 5.97 Å². The number of nitrogens with zero attached hydrogens (tertiary/aromatic N) is 1. The Bertz CT molecular complexity index is 552. The fraction of sp³-hybridized carbons (Fsp3) is 0.0909. The van der Waals surface area contributed by atoms with Gasteiger partial charge in [0, 0.05) is 11.1 Å². The van der Waals surface area contributed by atoms with Crippen LogP contribution in [0.3, 0.4) is 0 Å². The van der Waals surface area contributed by atoms with E-state index in [2.05, 4.69) is 4.98 Å². The van der Waals surface area contributed by atoms with Crippen molar-refractivity contribution in [2.24, 2.45) is 0 Å². The van der Waals surface area contributed by atoms with Crippen molar-refractivity contribution in [3.05, 3.63) is 40.7 Å². The number of carbonyl (C=O) groups is 1. The van der Waals surface area contributed by atoms with E-state index in [0.717, 1.165) is 11.1 Å². The lowest BCUT2D eigenvalue weighted by atomic mass is 10.1. The molecule has 1 heterocycles. The fourth-order valence-electron chi connectivity index (χ4n) is 1.57. The molecule has 0 saturated carbocycles. The highest BCUT2D eigenvalue weighted by atomic mass is 35.5. The lowest BCUT2D eigenvalue weighted by molar-refractivity contribution is 0.0699. The van der Waals surface area contributed by atoms with Gasteiger partial charge in [-0.3, -0.25) is 0 Å². The van der Waals surface area contributed by atoms with Gasteiger partial charge in [-0.05, 0) is 24.4 Å². The van der Waals surface area contributed by atoms with Gasteiger partial charge in [0.05, 0.1) is 5.56 Å². The number of halogens is 1. The van der Waals surface area contributed by atoms with Crippen LogP contribution in [0.15, 0.2) is 24.3 Å². The molecule has 0 radical (unpaired) electrons. The van der Waals surface area contributed by atoms with Crippen molar-refractivity contribution >= 4 is 28.3 Å². The first-order chi connectivity index (χ1) is 7.09. The third-order valence-electron chi connectivity index (χ3n) is 2.17. The molecule has 15 heavy (non-hydrogen) atoms. The summed E-state index contributed by atoms with van der Waals surface area (Å²) in [5.41, 5.74) is 0.958. The molecule has 1 aromatic heterocycles. The van der Waals surface area contributed by atoms with E-state index in [1.807, 2.05) is 19.1 Å². The van der Waals surface area contributed by atoms with Crippen LogP contribution in [0.2, 0.25) is 5.15 Å². The minimum Gasteiger partial charge on any atom is -0.478 e. The second-order valence-corrected chi connectivity index (χ2v) is 3.62. The summed E-state index contributed by atoms with van der Waals surface area (Å²) >= 11 is 5.94. The average Bonchev–Trinajstić information content (AvgIpc) is 2.16. The molecule has 0 aliphatic carbocycles. The molecular formula is C11H8ClNO2. The number of aryl methyl sites for hydroxylation is 1. The second-order valence-electron chi connectivity index (χ2n) is 3.26. The predicted octanol–water partition coefficient (Wildman–Crippen LogP) is 2.89. The molecule has 0 fully saturated rings. The first-order valence-corrected chi connectivity index (χ1v) is 4.76. The van der Waals surface area contributed by atoms with Crippen LogP contribution in [0, 0.1) is 6.92 Å². The largest absolute Gasteiger partial charge is 0.478 e. The van der Waals surface area contributed by atoms with E-state index in [0.29, 0.717) is 5.39 Å². The number of hydrogen-bond donors (Lipinski definition) is 1. The van der Waals surface area contributed by atoms with Gasteiger partial charge in [0.2, 0.25) is 0 Å². The van der Waals surface area contributed by atoms with E-state index in [1.165, 1.54) is 6.07 Å². The van der Waals surface area contributed by atoms with Crippen LogP contribution >= 0.6 is 11.6 Å². The summed E-state index contributed by atoms with van der Waals surface area (Å²) in [6, 6.07) is 6.85. The molecule has 4 heteroatoms. The van der Waals surface area contributed by atoms with Gasteiger partial charge in [0.1, 0.15) is 5.15 Å². The van der Waals surface area contributed by atoms with Gasteiger partial charge in [0.15, 0.2) is 0 Å². The molecule has 1 aromatic carbocycles. The number of aromatic carboxylic acids is 1. The Morgan fingerprint density at radius 3 is 2.87 bits per heavy atom. The van der Waals surface area contributed by atoms with E-state index in [1.54, 1.807) is 6.07 Å². The number of aromatic nitrogens is 1. The first-order valence-electron chi connectivity index (χ1n) is 4.39. The molecule has 2 rings (SSSR count). The van der Waals surface area contributed by atoms with Crippen LogP contribution in [-0.4, -0.2) is 16.1 Å². The molecule has 0 amide bonds. The van der Waals surface area contributed by atoms with Crippen molar-refractivity contribution in [2.75, 3.05) is 0 Å². The summed E-state index contributed by atoms with van der Waals surface area (Å²) in [5, 5.41) is 10.5. The van der Waals surface area contributed by atoms with E-state index in [-0.39, 0.29) is 10.7 Å². The summed E-state index contributed by atoms with van der Waals surface area (Å²) in [6.45, 7) is 1.82. The van der Waals surface area contributed by atoms with Gasteiger partial charge in [-0.25, -0.2) is 9.78 Å². The maximum atomic E-state index is 11.0. The number of hydrogen-bond acceptors (Lipinski definition) is 2. The van der Waals surface area contributed by atoms with Crippen LogP contribution in [0.5, 0.6) is 0 Å². The molecule has 0 atom stereocenters. The van der Waals surface area contributed by atoms with E-state index in [4.69, 9.17) is 16.7 Å². The molecule has 3 nitrogen and oxygen atoms in total. The highest BCUT2D eigenvalue weighted by Gasteiger charge is 2.12. The van der Waals surface area contributed by atoms with E-state index < -0.39 is 5.97 Å². The lowest BCUT2D eigenvalue weighted by Crippen LogP contribution is -1.98. The van der Waals surface area contributed by atoms with Gasteiger partial charge < -0.3 is 5.11 Å². The minimum absolute atomic E-state index is 0.185. The van der Waals surface area contributed by atoms with Crippen molar-refractivity contribution in [1.29, 1.82) is 0 Å². The minimum atomic E-state index is -0.992. The van der Waals surface area contributed by atoms with Gasteiger partial charge in [-0.1, -0.05) is 23.7 Å². The Morgan fingerprint density at radius 2 is 2.20 bits per heavy atom. The number of fused-ring (bicyclic) bond motifs is 1. The lowest BCUT2D eigenvalue weighted by Gasteiger charge is -2.04. The van der Waals surface area contributed by atoms with E-state index >= 15 is 0 Å². The predicted molar refractivity (Wildman–Crippen MR) is 58.4 cm³/mol. The number of carboxylic acids is 1. The van der Waals surface area contributed by atoms with Crippen molar-refractivity contribution in [3.63, 3.8) is 0 Å². The third kappa shape index (κ3) is 1.66. The zero-order valence-electron chi connectivity index (χ0n) is 7.99. The molecule has 0 aliphatic heterocycles. The maximum Gasteiger partial charge on any atom is 0.336 e.